The first-order valence-electron chi connectivity index (χ1n) is 11.6. The summed E-state index contributed by atoms with van der Waals surface area (Å²) in [6.07, 6.45) is 2.25. The number of benzene rings is 3. The Morgan fingerprint density at radius 3 is 2.19 bits per heavy atom. The Labute approximate surface area is 219 Å². The predicted octanol–water partition coefficient (Wildman–Crippen LogP) is 6.21. The van der Waals surface area contributed by atoms with Gasteiger partial charge in [0.05, 0.1) is 26.0 Å². The maximum Gasteiger partial charge on any atom is 0.268 e. The highest BCUT2D eigenvalue weighted by Gasteiger charge is 2.12. The van der Waals surface area contributed by atoms with E-state index in [1.807, 2.05) is 66.0 Å². The lowest BCUT2D eigenvalue weighted by Gasteiger charge is -2.09. The molecule has 1 N–H and O–H groups in total. The van der Waals surface area contributed by atoms with Crippen LogP contribution in [0.15, 0.2) is 89.8 Å². The van der Waals surface area contributed by atoms with Gasteiger partial charge in [0, 0.05) is 17.4 Å². The van der Waals surface area contributed by atoms with Crippen molar-refractivity contribution in [2.24, 2.45) is 0 Å². The van der Waals surface area contributed by atoms with Crippen LogP contribution < -0.4 is 19.5 Å². The first-order valence-corrected chi connectivity index (χ1v) is 12.5. The van der Waals surface area contributed by atoms with Crippen molar-refractivity contribution in [3.63, 3.8) is 0 Å². The van der Waals surface area contributed by atoms with E-state index in [2.05, 4.69) is 10.3 Å². The van der Waals surface area contributed by atoms with E-state index >= 15 is 0 Å². The number of carbonyl (C=O) groups is 1. The lowest BCUT2D eigenvalue weighted by molar-refractivity contribution is -0.112. The molecule has 37 heavy (non-hydrogen) atoms. The normalized spacial score (nSPS) is 10.9. The van der Waals surface area contributed by atoms with Crippen LogP contribution in [-0.4, -0.2) is 31.2 Å². The zero-order valence-corrected chi connectivity index (χ0v) is 21.0. The summed E-state index contributed by atoms with van der Waals surface area (Å²) in [7, 11) is 1.63. The first-order chi connectivity index (χ1) is 18.1. The van der Waals surface area contributed by atoms with E-state index in [0.717, 1.165) is 29.2 Å². The van der Waals surface area contributed by atoms with Gasteiger partial charge in [-0.3, -0.25) is 10.1 Å². The van der Waals surface area contributed by atoms with Gasteiger partial charge in [-0.2, -0.15) is 5.26 Å². The van der Waals surface area contributed by atoms with Gasteiger partial charge in [-0.05, 0) is 48.0 Å². The van der Waals surface area contributed by atoms with Gasteiger partial charge < -0.3 is 14.2 Å². The highest BCUT2D eigenvalue weighted by molar-refractivity contribution is 7.14. The van der Waals surface area contributed by atoms with Crippen LogP contribution in [0.3, 0.4) is 0 Å². The van der Waals surface area contributed by atoms with Crippen molar-refractivity contribution in [1.82, 2.24) is 4.98 Å². The summed E-state index contributed by atoms with van der Waals surface area (Å²) in [5.74, 6) is 1.75. The molecule has 0 radical (unpaired) electrons. The van der Waals surface area contributed by atoms with E-state index in [9.17, 15) is 10.1 Å². The molecule has 0 bridgehead atoms. The van der Waals surface area contributed by atoms with E-state index < -0.39 is 5.91 Å². The monoisotopic (exact) mass is 511 g/mol. The molecule has 0 spiro atoms. The quantitative estimate of drug-likeness (QED) is 0.146. The van der Waals surface area contributed by atoms with E-state index in [4.69, 9.17) is 14.2 Å². The van der Waals surface area contributed by atoms with Gasteiger partial charge in [0.2, 0.25) is 0 Å². The molecule has 0 atom stereocenters. The van der Waals surface area contributed by atoms with Crippen LogP contribution in [0.5, 0.6) is 17.2 Å². The molecule has 1 amide bonds. The number of aromatic nitrogens is 1. The molecule has 186 valence electrons. The Kier molecular flexibility index (Phi) is 8.89. The number of rotatable bonds is 11. The number of hydrogen-bond donors (Lipinski definition) is 1. The molecule has 3 aromatic carbocycles. The van der Waals surface area contributed by atoms with Crippen LogP contribution in [0.2, 0.25) is 0 Å². The molecular weight excluding hydrogens is 486 g/mol. The number of carbonyl (C=O) groups excluding carboxylic acids is 1. The SMILES string of the molecule is COc1ccc(OCCCOc2ccc(C=C(C#N)C(=O)Nc3nc(-c4ccccc4)cs3)cc2)cc1. The number of nitriles is 1. The number of nitrogens with zero attached hydrogens (tertiary/aromatic N) is 2. The van der Waals surface area contributed by atoms with E-state index in [0.29, 0.717) is 29.7 Å². The molecule has 0 unspecified atom stereocenters. The van der Waals surface area contributed by atoms with Gasteiger partial charge >= 0.3 is 0 Å². The number of thiazole rings is 1. The van der Waals surface area contributed by atoms with Crippen LogP contribution in [0, 0.1) is 11.3 Å². The van der Waals surface area contributed by atoms with Gasteiger partial charge in [-0.25, -0.2) is 4.98 Å². The topological polar surface area (TPSA) is 93.5 Å². The third-order valence-electron chi connectivity index (χ3n) is 5.24. The molecule has 0 saturated carbocycles. The van der Waals surface area contributed by atoms with E-state index in [-0.39, 0.29) is 5.57 Å². The van der Waals surface area contributed by atoms with Crippen LogP contribution in [-0.2, 0) is 4.79 Å². The minimum Gasteiger partial charge on any atom is -0.497 e. The summed E-state index contributed by atoms with van der Waals surface area (Å²) >= 11 is 1.31. The second-order valence-corrected chi connectivity index (χ2v) is 8.68. The fourth-order valence-electron chi connectivity index (χ4n) is 3.32. The van der Waals surface area contributed by atoms with Crippen molar-refractivity contribution in [3.8, 4) is 34.6 Å². The minimum absolute atomic E-state index is 0.0131. The zero-order valence-electron chi connectivity index (χ0n) is 20.2. The van der Waals surface area contributed by atoms with Crippen LogP contribution in [0.1, 0.15) is 12.0 Å². The highest BCUT2D eigenvalue weighted by atomic mass is 32.1. The van der Waals surface area contributed by atoms with Crippen LogP contribution in [0.25, 0.3) is 17.3 Å². The van der Waals surface area contributed by atoms with Crippen molar-refractivity contribution in [1.29, 1.82) is 5.26 Å². The van der Waals surface area contributed by atoms with E-state index in [1.165, 1.54) is 17.4 Å². The smallest absolute Gasteiger partial charge is 0.268 e. The molecule has 0 saturated heterocycles. The Bertz CT molecular complexity index is 1380. The lowest BCUT2D eigenvalue weighted by Crippen LogP contribution is -2.13. The number of methoxy groups -OCH3 is 1. The van der Waals surface area contributed by atoms with E-state index in [1.54, 1.807) is 31.4 Å². The molecule has 4 rings (SSSR count). The maximum atomic E-state index is 12.6. The largest absolute Gasteiger partial charge is 0.497 e. The van der Waals surface area contributed by atoms with Crippen molar-refractivity contribution >= 4 is 28.5 Å². The summed E-state index contributed by atoms with van der Waals surface area (Å²) in [5, 5.41) is 14.5. The van der Waals surface area contributed by atoms with Gasteiger partial charge in [-0.15, -0.1) is 11.3 Å². The summed E-state index contributed by atoms with van der Waals surface area (Å²) in [6, 6.07) is 26.3. The first kappa shape index (κ1) is 25.5. The minimum atomic E-state index is -0.506. The van der Waals surface area contributed by atoms with Crippen molar-refractivity contribution in [3.05, 3.63) is 95.4 Å². The number of anilines is 1. The molecule has 0 fully saturated rings. The van der Waals surface area contributed by atoms with Gasteiger partial charge in [0.1, 0.15) is 28.9 Å². The van der Waals surface area contributed by atoms with Crippen molar-refractivity contribution in [2.45, 2.75) is 6.42 Å². The third kappa shape index (κ3) is 7.43. The molecule has 0 aliphatic heterocycles. The zero-order chi connectivity index (χ0) is 25.9. The van der Waals surface area contributed by atoms with Gasteiger partial charge in [0.15, 0.2) is 5.13 Å². The average Bonchev–Trinajstić information content (AvgIpc) is 3.41. The standard InChI is InChI=1S/C29H25N3O4S/c1-34-24-12-14-26(15-13-24)36-17-5-16-35-25-10-8-21(9-11-25)18-23(19-30)28(33)32-29-31-27(20-37-29)22-6-3-2-4-7-22/h2-4,6-15,18,20H,5,16-17H2,1H3,(H,31,32,33). The highest BCUT2D eigenvalue weighted by Crippen LogP contribution is 2.25. The number of amides is 1. The Balaban J connectivity index is 1.25. The maximum absolute atomic E-state index is 12.6. The number of hydrogen-bond acceptors (Lipinski definition) is 7. The molecule has 7 nitrogen and oxygen atoms in total. The fourth-order valence-corrected chi connectivity index (χ4v) is 4.04. The Hall–Kier alpha value is -4.61. The molecular formula is C29H25N3O4S. The second kappa shape index (κ2) is 12.9. The third-order valence-corrected chi connectivity index (χ3v) is 5.99. The molecule has 8 heteroatoms. The van der Waals surface area contributed by atoms with Crippen LogP contribution in [0.4, 0.5) is 5.13 Å². The van der Waals surface area contributed by atoms with Gasteiger partial charge in [0.25, 0.3) is 5.91 Å². The molecule has 4 aromatic rings. The fraction of sp³-hybridized carbons (Fsp3) is 0.138. The molecule has 1 heterocycles. The lowest BCUT2D eigenvalue weighted by atomic mass is 10.1. The molecule has 1 aromatic heterocycles. The average molecular weight is 512 g/mol. The van der Waals surface area contributed by atoms with Crippen molar-refractivity contribution in [2.75, 3.05) is 25.6 Å². The van der Waals surface area contributed by atoms with Crippen molar-refractivity contribution < 1.29 is 19.0 Å². The number of nitrogens with one attached hydrogen (secondary N) is 1. The Morgan fingerprint density at radius 1 is 0.946 bits per heavy atom. The summed E-state index contributed by atoms with van der Waals surface area (Å²) in [5.41, 5.74) is 2.43. The molecule has 0 aliphatic carbocycles. The molecule has 0 aliphatic rings. The Morgan fingerprint density at radius 2 is 1.57 bits per heavy atom. The van der Waals surface area contributed by atoms with Gasteiger partial charge in [-0.1, -0.05) is 42.5 Å². The van der Waals surface area contributed by atoms with Crippen LogP contribution >= 0.6 is 11.3 Å². The predicted molar refractivity (Wildman–Crippen MR) is 145 cm³/mol. The summed E-state index contributed by atoms with van der Waals surface area (Å²) < 4.78 is 16.6. The summed E-state index contributed by atoms with van der Waals surface area (Å²) in [6.45, 7) is 1.02. The summed E-state index contributed by atoms with van der Waals surface area (Å²) in [4.78, 5) is 17.1. The second-order valence-electron chi connectivity index (χ2n) is 7.82. The number of ether oxygens (including phenoxy) is 3.